The summed E-state index contributed by atoms with van der Waals surface area (Å²) >= 11 is 0. The van der Waals surface area contributed by atoms with Crippen molar-refractivity contribution in [3.05, 3.63) is 42.8 Å². The monoisotopic (exact) mass is 270 g/mol. The molecular weight excluding hydrogens is 252 g/mol. The average molecular weight is 270 g/mol. The lowest BCUT2D eigenvalue weighted by Gasteiger charge is -2.06. The zero-order valence-corrected chi connectivity index (χ0v) is 11.9. The highest BCUT2D eigenvalue weighted by Crippen LogP contribution is 2.18. The first-order valence-corrected chi connectivity index (χ1v) is 6.55. The molecule has 1 amide bonds. The molecule has 0 aromatic carbocycles. The Kier molecular flexibility index (Phi) is 4.30. The van der Waals surface area contributed by atoms with Crippen molar-refractivity contribution in [2.24, 2.45) is 0 Å². The SMILES string of the molecule is C/C=C/C=C/C(=O)Nc1cnc2c(cnn2C(C)C)c1. The smallest absolute Gasteiger partial charge is 0.248 e. The number of anilines is 1. The summed E-state index contributed by atoms with van der Waals surface area (Å²) in [6, 6.07) is 2.12. The van der Waals surface area contributed by atoms with Gasteiger partial charge in [-0.15, -0.1) is 0 Å². The minimum absolute atomic E-state index is 0.180. The van der Waals surface area contributed by atoms with Crippen molar-refractivity contribution in [2.45, 2.75) is 26.8 Å². The molecule has 5 nitrogen and oxygen atoms in total. The number of fused-ring (bicyclic) bond motifs is 1. The number of hydrogen-bond donors (Lipinski definition) is 1. The van der Waals surface area contributed by atoms with E-state index >= 15 is 0 Å². The Labute approximate surface area is 118 Å². The van der Waals surface area contributed by atoms with E-state index in [0.717, 1.165) is 11.0 Å². The third kappa shape index (κ3) is 3.12. The Balaban J connectivity index is 2.18. The summed E-state index contributed by atoms with van der Waals surface area (Å²) in [7, 11) is 0. The molecule has 1 N–H and O–H groups in total. The van der Waals surface area contributed by atoms with Crippen LogP contribution in [0, 0.1) is 0 Å². The lowest BCUT2D eigenvalue weighted by molar-refractivity contribution is -0.111. The van der Waals surface area contributed by atoms with Crippen molar-refractivity contribution in [3.63, 3.8) is 0 Å². The molecule has 0 aliphatic heterocycles. The second kappa shape index (κ2) is 6.14. The summed E-state index contributed by atoms with van der Waals surface area (Å²) in [6.07, 6.45) is 10.2. The number of pyridine rings is 1. The van der Waals surface area contributed by atoms with Gasteiger partial charge in [0.15, 0.2) is 5.65 Å². The molecule has 104 valence electrons. The molecule has 5 heteroatoms. The van der Waals surface area contributed by atoms with Crippen LogP contribution >= 0.6 is 0 Å². The molecule has 2 aromatic rings. The van der Waals surface area contributed by atoms with E-state index in [2.05, 4.69) is 29.2 Å². The van der Waals surface area contributed by atoms with Crippen molar-refractivity contribution in [3.8, 4) is 0 Å². The van der Waals surface area contributed by atoms with Gasteiger partial charge in [0.05, 0.1) is 18.1 Å². The number of rotatable bonds is 4. The van der Waals surface area contributed by atoms with E-state index < -0.39 is 0 Å². The fraction of sp³-hybridized carbons (Fsp3) is 0.267. The second-order valence-electron chi connectivity index (χ2n) is 4.69. The van der Waals surface area contributed by atoms with Crippen molar-refractivity contribution >= 4 is 22.6 Å². The van der Waals surface area contributed by atoms with Gasteiger partial charge in [-0.25, -0.2) is 9.67 Å². The highest BCUT2D eigenvalue weighted by Gasteiger charge is 2.08. The van der Waals surface area contributed by atoms with E-state index in [9.17, 15) is 4.79 Å². The van der Waals surface area contributed by atoms with Crippen LogP contribution < -0.4 is 5.32 Å². The molecule has 2 rings (SSSR count). The third-order valence-corrected chi connectivity index (χ3v) is 2.74. The summed E-state index contributed by atoms with van der Waals surface area (Å²) < 4.78 is 1.85. The van der Waals surface area contributed by atoms with Gasteiger partial charge < -0.3 is 5.32 Å². The van der Waals surface area contributed by atoms with Gasteiger partial charge in [-0.05, 0) is 26.8 Å². The molecule has 0 radical (unpaired) electrons. The summed E-state index contributed by atoms with van der Waals surface area (Å²) in [4.78, 5) is 16.0. The Morgan fingerprint density at radius 3 is 2.85 bits per heavy atom. The fourth-order valence-corrected chi connectivity index (χ4v) is 1.82. The second-order valence-corrected chi connectivity index (χ2v) is 4.69. The minimum atomic E-state index is -0.180. The normalized spacial score (nSPS) is 12.0. The van der Waals surface area contributed by atoms with Crippen molar-refractivity contribution in [1.82, 2.24) is 14.8 Å². The number of hydrogen-bond acceptors (Lipinski definition) is 3. The molecule has 0 fully saturated rings. The van der Waals surface area contributed by atoms with Crippen molar-refractivity contribution < 1.29 is 4.79 Å². The largest absolute Gasteiger partial charge is 0.321 e. The van der Waals surface area contributed by atoms with E-state index in [4.69, 9.17) is 0 Å². The first-order valence-electron chi connectivity index (χ1n) is 6.55. The molecule has 0 unspecified atom stereocenters. The van der Waals surface area contributed by atoms with E-state index in [1.165, 1.54) is 6.08 Å². The van der Waals surface area contributed by atoms with Crippen LogP contribution in [0.3, 0.4) is 0 Å². The summed E-state index contributed by atoms with van der Waals surface area (Å²) in [5, 5.41) is 7.98. The van der Waals surface area contributed by atoms with Gasteiger partial charge in [-0.2, -0.15) is 5.10 Å². The van der Waals surface area contributed by atoms with Gasteiger partial charge in [0.1, 0.15) is 0 Å². The maximum atomic E-state index is 11.7. The molecule has 20 heavy (non-hydrogen) atoms. The topological polar surface area (TPSA) is 59.8 Å². The molecule has 0 saturated carbocycles. The number of carbonyl (C=O) groups excluding carboxylic acids is 1. The molecule has 2 heterocycles. The number of nitrogens with one attached hydrogen (secondary N) is 1. The van der Waals surface area contributed by atoms with Crippen molar-refractivity contribution in [2.75, 3.05) is 5.32 Å². The van der Waals surface area contributed by atoms with Crippen LogP contribution in [0.1, 0.15) is 26.8 Å². The molecule has 0 aliphatic rings. The van der Waals surface area contributed by atoms with Crippen LogP contribution in [0.2, 0.25) is 0 Å². The van der Waals surface area contributed by atoms with E-state index in [-0.39, 0.29) is 11.9 Å². The third-order valence-electron chi connectivity index (χ3n) is 2.74. The Bertz CT molecular complexity index is 668. The highest BCUT2D eigenvalue weighted by molar-refractivity contribution is 6.00. The van der Waals surface area contributed by atoms with Gasteiger partial charge in [0.25, 0.3) is 0 Å². The van der Waals surface area contributed by atoms with Gasteiger partial charge in [-0.3, -0.25) is 4.79 Å². The molecular formula is C15H18N4O. The summed E-state index contributed by atoms with van der Waals surface area (Å²) in [5.41, 5.74) is 1.48. The zero-order chi connectivity index (χ0) is 14.5. The molecule has 0 aliphatic carbocycles. The zero-order valence-electron chi connectivity index (χ0n) is 11.9. The quantitative estimate of drug-likeness (QED) is 0.686. The lowest BCUT2D eigenvalue weighted by atomic mass is 10.3. The number of allylic oxidation sites excluding steroid dienone is 3. The molecule has 0 atom stereocenters. The average Bonchev–Trinajstić information content (AvgIpc) is 2.82. The van der Waals surface area contributed by atoms with Crippen molar-refractivity contribution in [1.29, 1.82) is 0 Å². The predicted molar refractivity (Wildman–Crippen MR) is 80.5 cm³/mol. The van der Waals surface area contributed by atoms with E-state index in [1.54, 1.807) is 24.5 Å². The first kappa shape index (κ1) is 14.0. The van der Waals surface area contributed by atoms with Gasteiger partial charge in [-0.1, -0.05) is 18.2 Å². The van der Waals surface area contributed by atoms with Crippen LogP contribution in [-0.4, -0.2) is 20.7 Å². The van der Waals surface area contributed by atoms with E-state index in [0.29, 0.717) is 5.69 Å². The maximum Gasteiger partial charge on any atom is 0.248 e. The Hall–Kier alpha value is -2.43. The number of nitrogens with zero attached hydrogens (tertiary/aromatic N) is 3. The molecule has 2 aromatic heterocycles. The Morgan fingerprint density at radius 2 is 2.15 bits per heavy atom. The highest BCUT2D eigenvalue weighted by atomic mass is 16.1. The molecule has 0 bridgehead atoms. The standard InChI is InChI=1S/C15H18N4O/c1-4-5-6-7-14(20)18-13-8-12-9-17-19(11(2)3)15(12)16-10-13/h4-11H,1-3H3,(H,18,20)/b5-4+,7-6+. The van der Waals surface area contributed by atoms with Crippen LogP contribution in [0.5, 0.6) is 0 Å². The summed E-state index contributed by atoms with van der Waals surface area (Å²) in [5.74, 6) is -0.180. The number of aromatic nitrogens is 3. The van der Waals surface area contributed by atoms with Crippen LogP contribution in [0.4, 0.5) is 5.69 Å². The van der Waals surface area contributed by atoms with Crippen LogP contribution in [0.25, 0.3) is 11.0 Å². The number of carbonyl (C=O) groups is 1. The lowest BCUT2D eigenvalue weighted by Crippen LogP contribution is -2.08. The summed E-state index contributed by atoms with van der Waals surface area (Å²) in [6.45, 7) is 6.00. The van der Waals surface area contributed by atoms with Crippen LogP contribution in [-0.2, 0) is 4.79 Å². The molecule has 0 spiro atoms. The van der Waals surface area contributed by atoms with Gasteiger partial charge >= 0.3 is 0 Å². The molecule has 0 saturated heterocycles. The minimum Gasteiger partial charge on any atom is -0.321 e. The first-order chi connectivity index (χ1) is 9.61. The van der Waals surface area contributed by atoms with Crippen LogP contribution in [0.15, 0.2) is 42.8 Å². The Morgan fingerprint density at radius 1 is 1.35 bits per heavy atom. The fourth-order valence-electron chi connectivity index (χ4n) is 1.82. The predicted octanol–water partition coefficient (Wildman–Crippen LogP) is 3.08. The van der Waals surface area contributed by atoms with Gasteiger partial charge in [0.2, 0.25) is 5.91 Å². The number of amides is 1. The maximum absolute atomic E-state index is 11.7. The van der Waals surface area contributed by atoms with E-state index in [1.807, 2.05) is 23.7 Å². The van der Waals surface area contributed by atoms with Gasteiger partial charge in [0, 0.05) is 17.5 Å².